The average Bonchev–Trinajstić information content (AvgIpc) is 2.52. The van der Waals surface area contributed by atoms with Gasteiger partial charge in [-0.05, 0) is 30.2 Å². The van der Waals surface area contributed by atoms with Crippen molar-refractivity contribution in [2.24, 2.45) is 0 Å². The van der Waals surface area contributed by atoms with Gasteiger partial charge in [-0.2, -0.15) is 0 Å². The van der Waals surface area contributed by atoms with Crippen LogP contribution in [0.15, 0.2) is 41.2 Å². The molecule has 0 spiro atoms. The van der Waals surface area contributed by atoms with Crippen molar-refractivity contribution in [3.8, 4) is 5.75 Å². The Labute approximate surface area is 127 Å². The van der Waals surface area contributed by atoms with Crippen LogP contribution in [0.5, 0.6) is 5.75 Å². The highest BCUT2D eigenvalue weighted by molar-refractivity contribution is 5.94. The number of carbonyl (C=O) groups excluding carboxylic acids is 1. The zero-order valence-electron chi connectivity index (χ0n) is 12.2. The number of phenols is 1. The molecule has 1 unspecified atom stereocenters. The molecule has 0 radical (unpaired) electrons. The first-order chi connectivity index (χ1) is 10.5. The fourth-order valence-electron chi connectivity index (χ4n) is 2.03. The Bertz CT molecular complexity index is 707. The van der Waals surface area contributed by atoms with Crippen molar-refractivity contribution >= 4 is 5.91 Å². The van der Waals surface area contributed by atoms with Gasteiger partial charge in [-0.1, -0.05) is 19.1 Å². The summed E-state index contributed by atoms with van der Waals surface area (Å²) in [5.74, 6) is -0.311. The summed E-state index contributed by atoms with van der Waals surface area (Å²) in [5.41, 5.74) is 1.19. The summed E-state index contributed by atoms with van der Waals surface area (Å²) in [4.78, 5) is 26.1. The second-order valence-corrected chi connectivity index (χ2v) is 4.93. The molecule has 0 saturated heterocycles. The highest BCUT2D eigenvalue weighted by atomic mass is 16.3. The number of H-pyrrole nitrogens is 1. The van der Waals surface area contributed by atoms with Crippen molar-refractivity contribution < 1.29 is 15.0 Å². The van der Waals surface area contributed by atoms with E-state index in [1.54, 1.807) is 18.2 Å². The molecule has 0 saturated carbocycles. The number of aryl methyl sites for hydroxylation is 1. The molecule has 0 aliphatic heterocycles. The number of rotatable bonds is 5. The molecule has 1 aromatic carbocycles. The van der Waals surface area contributed by atoms with Gasteiger partial charge in [-0.3, -0.25) is 9.59 Å². The van der Waals surface area contributed by atoms with Gasteiger partial charge in [0.1, 0.15) is 5.75 Å². The van der Waals surface area contributed by atoms with E-state index in [-0.39, 0.29) is 23.4 Å². The van der Waals surface area contributed by atoms with Crippen LogP contribution in [0, 0.1) is 0 Å². The highest BCUT2D eigenvalue weighted by Crippen LogP contribution is 2.16. The van der Waals surface area contributed by atoms with Gasteiger partial charge in [0.2, 0.25) is 5.56 Å². The molecular formula is C16H18N2O4. The van der Waals surface area contributed by atoms with Gasteiger partial charge in [0.25, 0.3) is 5.91 Å². The zero-order chi connectivity index (χ0) is 16.1. The number of aromatic nitrogens is 1. The average molecular weight is 302 g/mol. The maximum absolute atomic E-state index is 12.0. The van der Waals surface area contributed by atoms with Gasteiger partial charge in [0.05, 0.1) is 6.10 Å². The third-order valence-electron chi connectivity index (χ3n) is 3.28. The van der Waals surface area contributed by atoms with Crippen LogP contribution in [0.2, 0.25) is 0 Å². The number of aliphatic hydroxyl groups excluding tert-OH is 1. The van der Waals surface area contributed by atoms with Crippen molar-refractivity contribution in [3.05, 3.63) is 63.6 Å². The lowest BCUT2D eigenvalue weighted by Crippen LogP contribution is -2.29. The summed E-state index contributed by atoms with van der Waals surface area (Å²) in [5, 5.41) is 21.8. The van der Waals surface area contributed by atoms with Gasteiger partial charge in [-0.15, -0.1) is 0 Å². The first-order valence-electron chi connectivity index (χ1n) is 6.98. The molecule has 2 rings (SSSR count). The van der Waals surface area contributed by atoms with Crippen LogP contribution in [0.3, 0.4) is 0 Å². The van der Waals surface area contributed by atoms with Gasteiger partial charge in [-0.25, -0.2) is 0 Å². The topological polar surface area (TPSA) is 102 Å². The number of aromatic amines is 1. The van der Waals surface area contributed by atoms with E-state index in [2.05, 4.69) is 10.3 Å². The maximum Gasteiger partial charge on any atom is 0.251 e. The molecular weight excluding hydrogens is 284 g/mol. The van der Waals surface area contributed by atoms with Crippen molar-refractivity contribution in [3.63, 3.8) is 0 Å². The Balaban J connectivity index is 2.02. The molecule has 0 aliphatic carbocycles. The molecule has 1 heterocycles. The van der Waals surface area contributed by atoms with E-state index in [0.717, 1.165) is 0 Å². The molecule has 0 bridgehead atoms. The Kier molecular flexibility index (Phi) is 4.95. The third-order valence-corrected chi connectivity index (χ3v) is 3.28. The number of hydrogen-bond donors (Lipinski definition) is 4. The largest absolute Gasteiger partial charge is 0.508 e. The smallest absolute Gasteiger partial charge is 0.251 e. The molecule has 1 amide bonds. The fraction of sp³-hybridized carbons (Fsp3) is 0.250. The minimum Gasteiger partial charge on any atom is -0.508 e. The number of nitrogens with one attached hydrogen (secondary N) is 2. The quantitative estimate of drug-likeness (QED) is 0.664. The van der Waals surface area contributed by atoms with E-state index in [1.807, 2.05) is 6.92 Å². The van der Waals surface area contributed by atoms with Gasteiger partial charge < -0.3 is 20.5 Å². The first kappa shape index (κ1) is 15.8. The Morgan fingerprint density at radius 1 is 1.27 bits per heavy atom. The van der Waals surface area contributed by atoms with Gasteiger partial charge in [0.15, 0.2) is 0 Å². The van der Waals surface area contributed by atoms with E-state index in [1.165, 1.54) is 18.2 Å². The fourth-order valence-corrected chi connectivity index (χ4v) is 2.03. The Hall–Kier alpha value is -2.60. The van der Waals surface area contributed by atoms with Crippen molar-refractivity contribution in [2.75, 3.05) is 6.54 Å². The molecule has 0 fully saturated rings. The van der Waals surface area contributed by atoms with E-state index < -0.39 is 12.0 Å². The SMILES string of the molecule is CCc1cc(C(=O)NCC(O)c2ccc(O)cc2)cc(=O)[nH]1. The number of hydrogen-bond acceptors (Lipinski definition) is 4. The summed E-state index contributed by atoms with van der Waals surface area (Å²) in [7, 11) is 0. The monoisotopic (exact) mass is 302 g/mol. The van der Waals surface area contributed by atoms with Crippen LogP contribution in [0.1, 0.15) is 34.6 Å². The predicted octanol–water partition coefficient (Wildman–Crippen LogP) is 1.11. The lowest BCUT2D eigenvalue weighted by molar-refractivity contribution is 0.0916. The molecule has 4 N–H and O–H groups in total. The molecule has 1 atom stereocenters. The molecule has 6 heteroatoms. The standard InChI is InChI=1S/C16H18N2O4/c1-2-12-7-11(8-15(21)18-12)16(22)17-9-14(20)10-3-5-13(19)6-4-10/h3-8,14,19-20H,2,9H2,1H3,(H,17,22)(H,18,21). The molecule has 22 heavy (non-hydrogen) atoms. The number of aliphatic hydroxyl groups is 1. The summed E-state index contributed by atoms with van der Waals surface area (Å²) in [6, 6.07) is 8.92. The van der Waals surface area contributed by atoms with Crippen LogP contribution < -0.4 is 10.9 Å². The van der Waals surface area contributed by atoms with E-state index in [0.29, 0.717) is 17.7 Å². The van der Waals surface area contributed by atoms with Gasteiger partial charge >= 0.3 is 0 Å². The van der Waals surface area contributed by atoms with Crippen LogP contribution in [-0.4, -0.2) is 27.6 Å². The van der Waals surface area contributed by atoms with Gasteiger partial charge in [0, 0.05) is 23.9 Å². The molecule has 0 aliphatic rings. The van der Waals surface area contributed by atoms with E-state index in [4.69, 9.17) is 0 Å². The summed E-state index contributed by atoms with van der Waals surface area (Å²) >= 11 is 0. The van der Waals surface area contributed by atoms with Crippen molar-refractivity contribution in [1.82, 2.24) is 10.3 Å². The van der Waals surface area contributed by atoms with E-state index in [9.17, 15) is 19.8 Å². The summed E-state index contributed by atoms with van der Waals surface area (Å²) in [6.45, 7) is 1.89. The van der Waals surface area contributed by atoms with E-state index >= 15 is 0 Å². The number of amides is 1. The van der Waals surface area contributed by atoms with Crippen LogP contribution in [0.4, 0.5) is 0 Å². The lowest BCUT2D eigenvalue weighted by atomic mass is 10.1. The molecule has 2 aromatic rings. The number of pyridine rings is 1. The number of carbonyl (C=O) groups is 1. The second kappa shape index (κ2) is 6.91. The molecule has 1 aromatic heterocycles. The molecule has 6 nitrogen and oxygen atoms in total. The van der Waals surface area contributed by atoms with Crippen LogP contribution >= 0.6 is 0 Å². The number of aromatic hydroxyl groups is 1. The Morgan fingerprint density at radius 3 is 2.59 bits per heavy atom. The van der Waals surface area contributed by atoms with Crippen LogP contribution in [0.25, 0.3) is 0 Å². The lowest BCUT2D eigenvalue weighted by Gasteiger charge is -2.12. The van der Waals surface area contributed by atoms with Crippen molar-refractivity contribution in [1.29, 1.82) is 0 Å². The Morgan fingerprint density at radius 2 is 1.95 bits per heavy atom. The van der Waals surface area contributed by atoms with Crippen LogP contribution in [-0.2, 0) is 6.42 Å². The first-order valence-corrected chi connectivity index (χ1v) is 6.98. The second-order valence-electron chi connectivity index (χ2n) is 4.93. The predicted molar refractivity (Wildman–Crippen MR) is 81.8 cm³/mol. The minimum atomic E-state index is -0.891. The number of benzene rings is 1. The highest BCUT2D eigenvalue weighted by Gasteiger charge is 2.12. The minimum absolute atomic E-state index is 0.0118. The molecule has 116 valence electrons. The maximum atomic E-state index is 12.0. The summed E-state index contributed by atoms with van der Waals surface area (Å²) in [6.07, 6.45) is -0.274. The zero-order valence-corrected chi connectivity index (χ0v) is 12.2. The van der Waals surface area contributed by atoms with Crippen molar-refractivity contribution in [2.45, 2.75) is 19.4 Å². The third kappa shape index (κ3) is 3.95. The number of phenolic OH excluding ortho intramolecular Hbond substituents is 1. The normalized spacial score (nSPS) is 11.9. The summed E-state index contributed by atoms with van der Waals surface area (Å²) < 4.78 is 0.